The summed E-state index contributed by atoms with van der Waals surface area (Å²) < 4.78 is 28.3. The molecular formula is C34H45NO6. The van der Waals surface area contributed by atoms with Crippen molar-refractivity contribution in [3.8, 4) is 23.0 Å². The van der Waals surface area contributed by atoms with Crippen LogP contribution in [0.1, 0.15) is 63.5 Å². The van der Waals surface area contributed by atoms with E-state index in [2.05, 4.69) is 19.2 Å². The van der Waals surface area contributed by atoms with Gasteiger partial charge in [0.15, 0.2) is 23.0 Å². The van der Waals surface area contributed by atoms with Gasteiger partial charge in [-0.25, -0.2) is 0 Å². The lowest BCUT2D eigenvalue weighted by atomic mass is 9.43. The Labute approximate surface area is 244 Å². The number of carbonyl (C=O) groups excluding carboxylic acids is 1. The maximum atomic E-state index is 12.7. The summed E-state index contributed by atoms with van der Waals surface area (Å²) >= 11 is 0. The lowest BCUT2D eigenvalue weighted by Crippen LogP contribution is -2.64. The third-order valence-corrected chi connectivity index (χ3v) is 10.2. The number of ether oxygens (including phenoxy) is 5. The molecule has 4 bridgehead atoms. The summed E-state index contributed by atoms with van der Waals surface area (Å²) in [6.45, 7) is 5.88. The number of esters is 1. The number of hydrogen-bond donors (Lipinski definition) is 1. The molecule has 2 unspecified atom stereocenters. The zero-order valence-corrected chi connectivity index (χ0v) is 25.2. The molecule has 5 aliphatic rings. The smallest absolute Gasteiger partial charge is 0.309 e. The van der Waals surface area contributed by atoms with Crippen LogP contribution in [0.4, 0.5) is 0 Å². The normalized spacial score (nSPS) is 33.5. The van der Waals surface area contributed by atoms with Gasteiger partial charge in [-0.3, -0.25) is 10.1 Å². The molecule has 2 aromatic rings. The second-order valence-electron chi connectivity index (χ2n) is 14.0. The summed E-state index contributed by atoms with van der Waals surface area (Å²) in [5.74, 6) is 3.34. The van der Waals surface area contributed by atoms with E-state index in [9.17, 15) is 4.79 Å². The molecule has 1 aliphatic heterocycles. The second kappa shape index (κ2) is 10.7. The van der Waals surface area contributed by atoms with Gasteiger partial charge in [-0.1, -0.05) is 26.0 Å². The van der Waals surface area contributed by atoms with Gasteiger partial charge in [-0.2, -0.15) is 0 Å². The number of benzene rings is 2. The topological polar surface area (TPSA) is 75.3 Å². The van der Waals surface area contributed by atoms with Crippen molar-refractivity contribution in [3.05, 3.63) is 47.5 Å². The molecule has 1 N–H and O–H groups in total. The largest absolute Gasteiger partial charge is 0.493 e. The first-order valence-corrected chi connectivity index (χ1v) is 15.1. The van der Waals surface area contributed by atoms with Crippen molar-refractivity contribution in [2.24, 2.45) is 28.6 Å². The molecule has 2 aromatic carbocycles. The number of nitrogens with one attached hydrogen (secondary N) is 1. The van der Waals surface area contributed by atoms with Crippen molar-refractivity contribution < 1.29 is 28.5 Å². The summed E-state index contributed by atoms with van der Waals surface area (Å²) in [6, 6.07) is 11.9. The minimum Gasteiger partial charge on any atom is -0.493 e. The standard InChI is InChI=1S/C34H45NO6/c1-32-14-24-15-33(2,18-32)20-34(16-24,19-32)35-21-41-28-9-7-23(13-30(28)39-5)11-26-25(17-40-31(26)36)10-22-6-8-27(37-3)29(12-22)38-4/h6-9,12-13,24-26,35H,10-11,14-21H2,1-5H3/t24?,25-,26+,32?,33?,34?/m0/s1. The summed E-state index contributed by atoms with van der Waals surface area (Å²) in [6.07, 6.45) is 9.19. The van der Waals surface area contributed by atoms with Crippen LogP contribution >= 0.6 is 0 Å². The van der Waals surface area contributed by atoms with Gasteiger partial charge in [0.1, 0.15) is 6.73 Å². The third kappa shape index (κ3) is 5.62. The molecule has 41 heavy (non-hydrogen) atoms. The highest BCUT2D eigenvalue weighted by molar-refractivity contribution is 5.75. The summed E-state index contributed by atoms with van der Waals surface area (Å²) in [5, 5.41) is 3.85. The van der Waals surface area contributed by atoms with Crippen LogP contribution in [0.5, 0.6) is 23.0 Å². The maximum absolute atomic E-state index is 12.7. The predicted molar refractivity (Wildman–Crippen MR) is 157 cm³/mol. The lowest BCUT2D eigenvalue weighted by Gasteiger charge is -2.65. The van der Waals surface area contributed by atoms with Crippen molar-refractivity contribution in [2.75, 3.05) is 34.7 Å². The Bertz CT molecular complexity index is 1270. The first-order valence-electron chi connectivity index (χ1n) is 15.1. The number of rotatable bonds is 11. The van der Waals surface area contributed by atoms with Crippen LogP contribution < -0.4 is 24.3 Å². The quantitative estimate of drug-likeness (QED) is 0.267. The fourth-order valence-corrected chi connectivity index (χ4v) is 9.49. The molecule has 4 saturated carbocycles. The highest BCUT2D eigenvalue weighted by Gasteiger charge is 2.59. The number of carbonyl (C=O) groups is 1. The van der Waals surface area contributed by atoms with Crippen LogP contribution in [-0.2, 0) is 22.4 Å². The average molecular weight is 564 g/mol. The van der Waals surface area contributed by atoms with E-state index in [-0.39, 0.29) is 23.3 Å². The SMILES string of the molecule is COc1ccc(C[C@H]2COC(=O)[C@@H]2Cc2ccc(OCNC34CC5CC(C)(CC(C)(C5)C3)C4)c(OC)c2)cc1OC. The van der Waals surface area contributed by atoms with E-state index < -0.39 is 0 Å². The third-order valence-electron chi connectivity index (χ3n) is 10.2. The average Bonchev–Trinajstić information content (AvgIpc) is 3.25. The Morgan fingerprint density at radius 2 is 1.41 bits per heavy atom. The first-order chi connectivity index (χ1) is 19.6. The zero-order valence-electron chi connectivity index (χ0n) is 25.2. The fourth-order valence-electron chi connectivity index (χ4n) is 9.49. The molecule has 0 spiro atoms. The van der Waals surface area contributed by atoms with E-state index >= 15 is 0 Å². The van der Waals surface area contributed by atoms with Crippen molar-refractivity contribution in [3.63, 3.8) is 0 Å². The monoisotopic (exact) mass is 563 g/mol. The van der Waals surface area contributed by atoms with Crippen molar-refractivity contribution in [2.45, 2.75) is 70.8 Å². The Kier molecular flexibility index (Phi) is 7.37. The van der Waals surface area contributed by atoms with Gasteiger partial charge in [0, 0.05) is 11.5 Å². The molecule has 1 heterocycles. The van der Waals surface area contributed by atoms with E-state index in [4.69, 9.17) is 23.7 Å². The van der Waals surface area contributed by atoms with Crippen LogP contribution in [-0.4, -0.2) is 46.2 Å². The van der Waals surface area contributed by atoms with E-state index in [0.717, 1.165) is 29.2 Å². The Balaban J connectivity index is 1.09. The Morgan fingerprint density at radius 3 is 2.05 bits per heavy atom. The van der Waals surface area contributed by atoms with Crippen LogP contribution in [0.2, 0.25) is 0 Å². The number of hydrogen-bond acceptors (Lipinski definition) is 7. The second-order valence-corrected chi connectivity index (χ2v) is 14.0. The summed E-state index contributed by atoms with van der Waals surface area (Å²) in [4.78, 5) is 12.7. The van der Waals surface area contributed by atoms with Gasteiger partial charge in [0.25, 0.3) is 0 Å². The van der Waals surface area contributed by atoms with E-state index in [1.165, 1.54) is 38.5 Å². The van der Waals surface area contributed by atoms with E-state index in [1.807, 2.05) is 36.4 Å². The molecule has 7 rings (SSSR count). The van der Waals surface area contributed by atoms with Gasteiger partial charge in [0.2, 0.25) is 0 Å². The van der Waals surface area contributed by atoms with Gasteiger partial charge < -0.3 is 23.7 Å². The van der Waals surface area contributed by atoms with Crippen LogP contribution in [0.25, 0.3) is 0 Å². The lowest BCUT2D eigenvalue weighted by molar-refractivity contribution is -0.141. The minimum atomic E-state index is -0.222. The molecule has 4 aliphatic carbocycles. The molecule has 5 fully saturated rings. The first kappa shape index (κ1) is 28.2. The van der Waals surface area contributed by atoms with Crippen molar-refractivity contribution in [1.29, 1.82) is 0 Å². The molecule has 4 atom stereocenters. The molecule has 0 amide bonds. The number of methoxy groups -OCH3 is 3. The number of cyclic esters (lactones) is 1. The predicted octanol–water partition coefficient (Wildman–Crippen LogP) is 5.96. The molecule has 7 heteroatoms. The molecule has 0 radical (unpaired) electrons. The van der Waals surface area contributed by atoms with Gasteiger partial charge in [-0.05, 0) is 104 Å². The minimum absolute atomic E-state index is 0.0794. The molecule has 222 valence electrons. The molecular weight excluding hydrogens is 518 g/mol. The van der Waals surface area contributed by atoms with Crippen molar-refractivity contribution in [1.82, 2.24) is 5.32 Å². The highest BCUT2D eigenvalue weighted by Crippen LogP contribution is 2.66. The Hall–Kier alpha value is -2.93. The van der Waals surface area contributed by atoms with E-state index in [0.29, 0.717) is 47.8 Å². The van der Waals surface area contributed by atoms with Gasteiger partial charge >= 0.3 is 5.97 Å². The van der Waals surface area contributed by atoms with Crippen LogP contribution in [0.3, 0.4) is 0 Å². The summed E-state index contributed by atoms with van der Waals surface area (Å²) in [5.41, 5.74) is 3.22. The maximum Gasteiger partial charge on any atom is 0.309 e. The molecule has 1 saturated heterocycles. The van der Waals surface area contributed by atoms with Crippen LogP contribution in [0.15, 0.2) is 36.4 Å². The Morgan fingerprint density at radius 1 is 0.805 bits per heavy atom. The fraction of sp³-hybridized carbons (Fsp3) is 0.618. The summed E-state index contributed by atoms with van der Waals surface area (Å²) in [7, 11) is 4.93. The van der Waals surface area contributed by atoms with E-state index in [1.54, 1.807) is 21.3 Å². The zero-order chi connectivity index (χ0) is 28.8. The molecule has 0 aromatic heterocycles. The molecule has 7 nitrogen and oxygen atoms in total. The van der Waals surface area contributed by atoms with Crippen molar-refractivity contribution >= 4 is 5.97 Å². The van der Waals surface area contributed by atoms with Gasteiger partial charge in [0.05, 0.1) is 33.9 Å². The highest BCUT2D eigenvalue weighted by atomic mass is 16.5. The van der Waals surface area contributed by atoms with Crippen LogP contribution in [0, 0.1) is 28.6 Å². The van der Waals surface area contributed by atoms with Gasteiger partial charge in [-0.15, -0.1) is 0 Å².